The molecule has 1 fully saturated rings. The molecule has 3 rings (SSSR count). The summed E-state index contributed by atoms with van der Waals surface area (Å²) in [5.74, 6) is 0.750. The van der Waals surface area contributed by atoms with Gasteiger partial charge in [0.1, 0.15) is 0 Å². The van der Waals surface area contributed by atoms with Crippen LogP contribution in [0.15, 0.2) is 24.3 Å². The molecule has 2 heteroatoms. The van der Waals surface area contributed by atoms with Crippen molar-refractivity contribution in [1.29, 1.82) is 0 Å². The molecule has 2 aliphatic heterocycles. The van der Waals surface area contributed by atoms with Crippen LogP contribution in [-0.2, 0) is 6.42 Å². The highest BCUT2D eigenvalue weighted by atomic mass is 15.2. The Kier molecular flexibility index (Phi) is 3.06. The maximum Gasteiger partial charge on any atom is 0.0399 e. The second-order valence-corrected chi connectivity index (χ2v) is 6.24. The third-order valence-electron chi connectivity index (χ3n) is 4.99. The normalized spacial score (nSPS) is 26.9. The van der Waals surface area contributed by atoms with Crippen LogP contribution >= 0.6 is 0 Å². The van der Waals surface area contributed by atoms with Gasteiger partial charge >= 0.3 is 0 Å². The molecule has 1 saturated heterocycles. The van der Waals surface area contributed by atoms with Gasteiger partial charge in [0.05, 0.1) is 0 Å². The van der Waals surface area contributed by atoms with Crippen molar-refractivity contribution in [2.24, 2.45) is 11.3 Å². The molecule has 1 N–H and O–H groups in total. The van der Waals surface area contributed by atoms with E-state index < -0.39 is 0 Å². The molecule has 1 atom stereocenters. The smallest absolute Gasteiger partial charge is 0.0399 e. The van der Waals surface area contributed by atoms with Crippen LogP contribution in [0.1, 0.15) is 25.8 Å². The SMILES string of the molecule is CC(C)C1(CN2CCc3ccccc32)CCNC1. The fourth-order valence-corrected chi connectivity index (χ4v) is 3.52. The number of para-hydroxylation sites is 1. The van der Waals surface area contributed by atoms with Crippen molar-refractivity contribution < 1.29 is 0 Å². The first-order chi connectivity index (χ1) is 8.71. The van der Waals surface area contributed by atoms with Crippen molar-refractivity contribution in [2.75, 3.05) is 31.1 Å². The van der Waals surface area contributed by atoms with Gasteiger partial charge in [-0.05, 0) is 36.9 Å². The van der Waals surface area contributed by atoms with E-state index in [0.29, 0.717) is 5.41 Å². The highest BCUT2D eigenvalue weighted by Crippen LogP contribution is 2.38. The minimum Gasteiger partial charge on any atom is -0.370 e. The predicted octanol–water partition coefficient (Wildman–Crippen LogP) is 2.68. The van der Waals surface area contributed by atoms with Crippen molar-refractivity contribution in [3.63, 3.8) is 0 Å². The first kappa shape index (κ1) is 12.0. The van der Waals surface area contributed by atoms with Gasteiger partial charge in [-0.15, -0.1) is 0 Å². The van der Waals surface area contributed by atoms with Crippen molar-refractivity contribution in [2.45, 2.75) is 26.7 Å². The number of nitrogens with zero attached hydrogens (tertiary/aromatic N) is 1. The largest absolute Gasteiger partial charge is 0.370 e. The average Bonchev–Trinajstić information content (AvgIpc) is 2.99. The van der Waals surface area contributed by atoms with E-state index in [1.54, 1.807) is 0 Å². The van der Waals surface area contributed by atoms with Crippen LogP contribution in [0.3, 0.4) is 0 Å². The zero-order chi connectivity index (χ0) is 12.6. The van der Waals surface area contributed by atoms with Crippen molar-refractivity contribution >= 4 is 5.69 Å². The molecule has 0 radical (unpaired) electrons. The van der Waals surface area contributed by atoms with Gasteiger partial charge in [0.15, 0.2) is 0 Å². The Morgan fingerprint density at radius 3 is 2.89 bits per heavy atom. The maximum atomic E-state index is 3.57. The van der Waals surface area contributed by atoms with Crippen LogP contribution in [0.25, 0.3) is 0 Å². The minimum absolute atomic E-state index is 0.470. The van der Waals surface area contributed by atoms with Crippen LogP contribution in [0.5, 0.6) is 0 Å². The fourth-order valence-electron chi connectivity index (χ4n) is 3.52. The molecule has 0 aromatic heterocycles. The van der Waals surface area contributed by atoms with Gasteiger partial charge in [0.2, 0.25) is 0 Å². The van der Waals surface area contributed by atoms with Crippen LogP contribution in [0.4, 0.5) is 5.69 Å². The molecule has 98 valence electrons. The molecule has 18 heavy (non-hydrogen) atoms. The lowest BCUT2D eigenvalue weighted by Crippen LogP contribution is -2.42. The van der Waals surface area contributed by atoms with Gasteiger partial charge in [0.25, 0.3) is 0 Å². The Morgan fingerprint density at radius 1 is 1.33 bits per heavy atom. The lowest BCUT2D eigenvalue weighted by atomic mass is 9.76. The van der Waals surface area contributed by atoms with E-state index in [9.17, 15) is 0 Å². The van der Waals surface area contributed by atoms with Gasteiger partial charge in [-0.25, -0.2) is 0 Å². The van der Waals surface area contributed by atoms with Gasteiger partial charge < -0.3 is 10.2 Å². The summed E-state index contributed by atoms with van der Waals surface area (Å²) in [7, 11) is 0. The maximum absolute atomic E-state index is 3.57. The predicted molar refractivity (Wildman–Crippen MR) is 77.1 cm³/mol. The molecule has 0 spiro atoms. The lowest BCUT2D eigenvalue weighted by molar-refractivity contribution is 0.224. The third kappa shape index (κ3) is 1.93. The molecule has 0 bridgehead atoms. The summed E-state index contributed by atoms with van der Waals surface area (Å²) in [6, 6.07) is 8.91. The number of nitrogens with one attached hydrogen (secondary N) is 1. The Morgan fingerprint density at radius 2 is 2.17 bits per heavy atom. The van der Waals surface area contributed by atoms with Gasteiger partial charge in [-0.1, -0.05) is 32.0 Å². The van der Waals surface area contributed by atoms with Crippen molar-refractivity contribution in [3.8, 4) is 0 Å². The quantitative estimate of drug-likeness (QED) is 0.879. The average molecular weight is 244 g/mol. The highest BCUT2D eigenvalue weighted by molar-refractivity contribution is 5.58. The van der Waals surface area contributed by atoms with E-state index in [4.69, 9.17) is 0 Å². The Balaban J connectivity index is 1.81. The van der Waals surface area contributed by atoms with E-state index in [1.807, 2.05) is 0 Å². The third-order valence-corrected chi connectivity index (χ3v) is 4.99. The van der Waals surface area contributed by atoms with Crippen molar-refractivity contribution in [1.82, 2.24) is 5.32 Å². The van der Waals surface area contributed by atoms with Crippen LogP contribution in [0.2, 0.25) is 0 Å². The van der Waals surface area contributed by atoms with Gasteiger partial charge in [-0.2, -0.15) is 0 Å². The second kappa shape index (κ2) is 4.58. The monoisotopic (exact) mass is 244 g/mol. The van der Waals surface area contributed by atoms with Crippen molar-refractivity contribution in [3.05, 3.63) is 29.8 Å². The van der Waals surface area contributed by atoms with Crippen LogP contribution < -0.4 is 10.2 Å². The summed E-state index contributed by atoms with van der Waals surface area (Å²) >= 11 is 0. The van der Waals surface area contributed by atoms with Crippen LogP contribution in [-0.4, -0.2) is 26.2 Å². The molecular weight excluding hydrogens is 220 g/mol. The molecular formula is C16H24N2. The zero-order valence-corrected chi connectivity index (χ0v) is 11.6. The molecule has 2 aliphatic rings. The molecule has 1 aromatic rings. The summed E-state index contributed by atoms with van der Waals surface area (Å²) in [6.07, 6.45) is 2.54. The minimum atomic E-state index is 0.470. The fraction of sp³-hybridized carbons (Fsp3) is 0.625. The zero-order valence-electron chi connectivity index (χ0n) is 11.6. The number of hydrogen-bond donors (Lipinski definition) is 1. The summed E-state index contributed by atoms with van der Waals surface area (Å²) in [5.41, 5.74) is 3.48. The molecule has 1 unspecified atom stereocenters. The lowest BCUT2D eigenvalue weighted by Gasteiger charge is -2.37. The standard InChI is InChI=1S/C16H24N2/c1-13(2)16(8-9-17-11-16)12-18-10-7-14-5-3-4-6-15(14)18/h3-6,13,17H,7-12H2,1-2H3. The number of fused-ring (bicyclic) bond motifs is 1. The van der Waals surface area contributed by atoms with E-state index in [0.717, 1.165) is 5.92 Å². The number of hydrogen-bond acceptors (Lipinski definition) is 2. The molecule has 2 nitrogen and oxygen atoms in total. The summed E-state index contributed by atoms with van der Waals surface area (Å²) in [5, 5.41) is 3.57. The number of anilines is 1. The number of rotatable bonds is 3. The van der Waals surface area contributed by atoms with E-state index in [-0.39, 0.29) is 0 Å². The molecule has 0 saturated carbocycles. The van der Waals surface area contributed by atoms with E-state index >= 15 is 0 Å². The molecule has 0 aliphatic carbocycles. The molecule has 1 aromatic carbocycles. The van der Waals surface area contributed by atoms with Gasteiger partial charge in [0, 0.05) is 30.7 Å². The van der Waals surface area contributed by atoms with Gasteiger partial charge in [-0.3, -0.25) is 0 Å². The topological polar surface area (TPSA) is 15.3 Å². The Hall–Kier alpha value is -1.02. The molecule has 0 amide bonds. The highest BCUT2D eigenvalue weighted by Gasteiger charge is 2.39. The summed E-state index contributed by atoms with van der Waals surface area (Å²) in [6.45, 7) is 9.56. The van der Waals surface area contributed by atoms with E-state index in [2.05, 4.69) is 48.3 Å². The van der Waals surface area contributed by atoms with Crippen LogP contribution in [0, 0.1) is 11.3 Å². The first-order valence-electron chi connectivity index (χ1n) is 7.25. The Bertz CT molecular complexity index is 419. The second-order valence-electron chi connectivity index (χ2n) is 6.24. The number of benzene rings is 1. The Labute approximate surface area is 110 Å². The van der Waals surface area contributed by atoms with E-state index in [1.165, 1.54) is 50.3 Å². The molecule has 2 heterocycles. The first-order valence-corrected chi connectivity index (χ1v) is 7.25. The summed E-state index contributed by atoms with van der Waals surface area (Å²) in [4.78, 5) is 2.61. The summed E-state index contributed by atoms with van der Waals surface area (Å²) < 4.78 is 0.